The monoisotopic (exact) mass is 455 g/mol. The third-order valence-corrected chi connectivity index (χ3v) is 4.29. The Kier molecular flexibility index (Phi) is 7.38. The van der Waals surface area contributed by atoms with Crippen LogP contribution in [0.4, 0.5) is 0 Å². The summed E-state index contributed by atoms with van der Waals surface area (Å²) in [6.07, 6.45) is 0. The number of hydrogen-bond acceptors (Lipinski definition) is 4. The third kappa shape index (κ3) is 5.98. The molecule has 0 unspecified atom stereocenters. The molecule has 0 heterocycles. The molecule has 0 aromatic heterocycles. The number of rotatable bonds is 4. The summed E-state index contributed by atoms with van der Waals surface area (Å²) in [5.41, 5.74) is 6.03. The number of carbonyl (C=O) groups excluding carboxylic acids is 2. The van der Waals surface area contributed by atoms with Gasteiger partial charge in [0, 0.05) is 9.50 Å². The molecule has 0 spiro atoms. The van der Waals surface area contributed by atoms with E-state index in [4.69, 9.17) is 28.6 Å². The van der Waals surface area contributed by atoms with Crippen LogP contribution in [0.3, 0.4) is 0 Å². The van der Waals surface area contributed by atoms with E-state index >= 15 is 0 Å². The minimum atomic E-state index is -0.461. The van der Waals surface area contributed by atoms with Crippen LogP contribution in [0.5, 0.6) is 5.75 Å². The smallest absolute Gasteiger partial charge is 0.276 e. The first-order chi connectivity index (χ1) is 12.4. The number of ether oxygens (including phenoxy) is 1. The first-order valence-corrected chi connectivity index (χ1v) is 8.98. The van der Waals surface area contributed by atoms with Crippen molar-refractivity contribution in [2.24, 2.45) is 0 Å². The lowest BCUT2D eigenvalue weighted by Gasteiger charge is -2.12. The maximum atomic E-state index is 12.1. The molecule has 2 aromatic rings. The number of benzene rings is 2. The van der Waals surface area contributed by atoms with E-state index in [0.717, 1.165) is 5.56 Å². The van der Waals surface area contributed by atoms with Crippen molar-refractivity contribution in [3.63, 3.8) is 0 Å². The van der Waals surface area contributed by atoms with Crippen LogP contribution in [-0.4, -0.2) is 23.5 Å². The maximum Gasteiger partial charge on any atom is 0.276 e. The lowest BCUT2D eigenvalue weighted by molar-refractivity contribution is -0.123. The average molecular weight is 457 g/mol. The second-order valence-electron chi connectivity index (χ2n) is 5.13. The summed E-state index contributed by atoms with van der Waals surface area (Å²) in [6, 6.07) is 12.0. The molecule has 0 atom stereocenters. The van der Waals surface area contributed by atoms with Gasteiger partial charge in [0.15, 0.2) is 11.7 Å². The summed E-state index contributed by atoms with van der Waals surface area (Å²) >= 11 is 14.1. The van der Waals surface area contributed by atoms with Crippen LogP contribution in [-0.2, 0) is 4.79 Å². The molecular weight excluding hydrogens is 442 g/mol. The molecular formula is C17H15BrClN3O3S. The molecule has 2 amide bonds. The molecule has 136 valence electrons. The SMILES string of the molecule is Cc1cc(Cl)ccc1OCC(=O)NNC(=S)NC(=O)c1ccccc1Br. The van der Waals surface area contributed by atoms with E-state index in [9.17, 15) is 9.59 Å². The highest BCUT2D eigenvalue weighted by molar-refractivity contribution is 9.10. The van der Waals surface area contributed by atoms with Crippen LogP contribution in [0.2, 0.25) is 5.02 Å². The van der Waals surface area contributed by atoms with E-state index in [-0.39, 0.29) is 11.7 Å². The van der Waals surface area contributed by atoms with Gasteiger partial charge in [-0.15, -0.1) is 0 Å². The van der Waals surface area contributed by atoms with Gasteiger partial charge in [-0.1, -0.05) is 23.7 Å². The molecule has 0 bridgehead atoms. The fourth-order valence-electron chi connectivity index (χ4n) is 1.93. The van der Waals surface area contributed by atoms with Crippen LogP contribution in [0.1, 0.15) is 15.9 Å². The molecule has 0 fully saturated rings. The van der Waals surface area contributed by atoms with Gasteiger partial charge >= 0.3 is 0 Å². The van der Waals surface area contributed by atoms with Gasteiger partial charge in [0.25, 0.3) is 11.8 Å². The van der Waals surface area contributed by atoms with E-state index in [1.54, 1.807) is 42.5 Å². The zero-order chi connectivity index (χ0) is 19.1. The number of thiocarbonyl (C=S) groups is 1. The van der Waals surface area contributed by atoms with E-state index in [1.807, 2.05) is 6.92 Å². The fourth-order valence-corrected chi connectivity index (χ4v) is 2.76. The van der Waals surface area contributed by atoms with Gasteiger partial charge in [-0.2, -0.15) is 0 Å². The van der Waals surface area contributed by atoms with Gasteiger partial charge in [0.2, 0.25) is 0 Å². The first kappa shape index (κ1) is 20.2. The predicted octanol–water partition coefficient (Wildman–Crippen LogP) is 3.13. The highest BCUT2D eigenvalue weighted by Gasteiger charge is 2.11. The summed E-state index contributed by atoms with van der Waals surface area (Å²) in [6.45, 7) is 1.60. The zero-order valence-corrected chi connectivity index (χ0v) is 16.8. The van der Waals surface area contributed by atoms with Crippen molar-refractivity contribution in [2.75, 3.05) is 6.61 Å². The van der Waals surface area contributed by atoms with E-state index in [0.29, 0.717) is 20.8 Å². The number of hydrogen-bond donors (Lipinski definition) is 3. The Bertz CT molecular complexity index is 848. The van der Waals surface area contributed by atoms with E-state index < -0.39 is 11.8 Å². The lowest BCUT2D eigenvalue weighted by atomic mass is 10.2. The Hall–Kier alpha value is -2.16. The van der Waals surface area contributed by atoms with Crippen molar-refractivity contribution < 1.29 is 14.3 Å². The number of aryl methyl sites for hydroxylation is 1. The van der Waals surface area contributed by atoms with Gasteiger partial charge in [-0.3, -0.25) is 25.8 Å². The minimum absolute atomic E-state index is 0.0400. The predicted molar refractivity (Wildman–Crippen MR) is 107 cm³/mol. The summed E-state index contributed by atoms with van der Waals surface area (Å²) in [5.74, 6) is -0.316. The zero-order valence-electron chi connectivity index (χ0n) is 13.6. The molecule has 2 aromatic carbocycles. The van der Waals surface area contributed by atoms with Crippen LogP contribution < -0.4 is 20.9 Å². The second-order valence-corrected chi connectivity index (χ2v) is 6.83. The maximum absolute atomic E-state index is 12.1. The third-order valence-electron chi connectivity index (χ3n) is 3.16. The standard InChI is InChI=1S/C17H15BrClN3O3S/c1-10-8-11(19)6-7-14(10)25-9-15(23)21-22-17(26)20-16(24)12-4-2-3-5-13(12)18/h2-8H,9H2,1H3,(H,21,23)(H2,20,22,24,26). The van der Waals surface area contributed by atoms with Gasteiger partial charge in [0.1, 0.15) is 5.75 Å². The van der Waals surface area contributed by atoms with Crippen LogP contribution >= 0.6 is 39.7 Å². The van der Waals surface area contributed by atoms with Gasteiger partial charge in [0.05, 0.1) is 5.56 Å². The first-order valence-electron chi connectivity index (χ1n) is 7.40. The largest absolute Gasteiger partial charge is 0.483 e. The minimum Gasteiger partial charge on any atom is -0.483 e. The van der Waals surface area contributed by atoms with E-state index in [1.165, 1.54) is 0 Å². The Morgan fingerprint density at radius 2 is 1.92 bits per heavy atom. The summed E-state index contributed by atoms with van der Waals surface area (Å²) < 4.78 is 6.04. The van der Waals surface area contributed by atoms with Gasteiger partial charge in [-0.05, 0) is 71.0 Å². The molecule has 6 nitrogen and oxygen atoms in total. The van der Waals surface area contributed by atoms with Crippen molar-refractivity contribution in [1.29, 1.82) is 0 Å². The van der Waals surface area contributed by atoms with Gasteiger partial charge in [-0.25, -0.2) is 0 Å². The molecule has 0 aliphatic rings. The summed E-state index contributed by atoms with van der Waals surface area (Å²) in [5, 5.41) is 3.01. The number of hydrazine groups is 1. The van der Waals surface area contributed by atoms with Crippen molar-refractivity contribution in [2.45, 2.75) is 6.92 Å². The number of carbonyl (C=O) groups is 2. The second kappa shape index (κ2) is 9.51. The molecule has 2 rings (SSSR count). The highest BCUT2D eigenvalue weighted by atomic mass is 79.9. The molecule has 0 saturated heterocycles. The quantitative estimate of drug-likeness (QED) is 0.487. The van der Waals surface area contributed by atoms with E-state index in [2.05, 4.69) is 32.1 Å². The highest BCUT2D eigenvalue weighted by Crippen LogP contribution is 2.21. The Morgan fingerprint density at radius 3 is 2.62 bits per heavy atom. The number of halogens is 2. The lowest BCUT2D eigenvalue weighted by Crippen LogP contribution is -2.49. The molecule has 9 heteroatoms. The molecule has 3 N–H and O–H groups in total. The number of amides is 2. The number of nitrogens with one attached hydrogen (secondary N) is 3. The van der Waals surface area contributed by atoms with Crippen molar-refractivity contribution in [3.05, 3.63) is 63.1 Å². The topological polar surface area (TPSA) is 79.5 Å². The van der Waals surface area contributed by atoms with Crippen molar-refractivity contribution in [1.82, 2.24) is 16.2 Å². The molecule has 0 saturated carbocycles. The normalized spacial score (nSPS) is 9.96. The van der Waals surface area contributed by atoms with Crippen molar-refractivity contribution in [3.8, 4) is 5.75 Å². The van der Waals surface area contributed by atoms with Crippen LogP contribution in [0.15, 0.2) is 46.9 Å². The Labute approximate surface area is 169 Å². The molecule has 0 radical (unpaired) electrons. The Balaban J connectivity index is 1.77. The average Bonchev–Trinajstić information content (AvgIpc) is 2.59. The fraction of sp³-hybridized carbons (Fsp3) is 0.118. The van der Waals surface area contributed by atoms with Gasteiger partial charge < -0.3 is 4.74 Å². The summed E-state index contributed by atoms with van der Waals surface area (Å²) in [4.78, 5) is 23.9. The molecule has 26 heavy (non-hydrogen) atoms. The van der Waals surface area contributed by atoms with Crippen LogP contribution in [0, 0.1) is 6.92 Å². The van der Waals surface area contributed by atoms with Crippen LogP contribution in [0.25, 0.3) is 0 Å². The Morgan fingerprint density at radius 1 is 1.19 bits per heavy atom. The summed E-state index contributed by atoms with van der Waals surface area (Å²) in [7, 11) is 0. The van der Waals surface area contributed by atoms with Crippen molar-refractivity contribution >= 4 is 56.7 Å². The molecule has 0 aliphatic heterocycles. The molecule has 0 aliphatic carbocycles.